The molecule has 0 spiro atoms. The zero-order chi connectivity index (χ0) is 11.7. The van der Waals surface area contributed by atoms with Gasteiger partial charge in [0.15, 0.2) is 0 Å². The van der Waals surface area contributed by atoms with Crippen LogP contribution in [-0.2, 0) is 4.74 Å². The van der Waals surface area contributed by atoms with E-state index in [4.69, 9.17) is 10.00 Å². The van der Waals surface area contributed by atoms with E-state index in [1.54, 1.807) is 0 Å². The summed E-state index contributed by atoms with van der Waals surface area (Å²) in [6.07, 6.45) is 1.98. The molecule has 0 radical (unpaired) electrons. The summed E-state index contributed by atoms with van der Waals surface area (Å²) >= 11 is 0. The smallest absolute Gasteiger partial charge is 0.0683 e. The van der Waals surface area contributed by atoms with Gasteiger partial charge in [-0.1, -0.05) is 0 Å². The molecule has 0 heterocycles. The molecule has 0 rings (SSSR count). The Balaban J connectivity index is 3.43. The van der Waals surface area contributed by atoms with Gasteiger partial charge in [0.05, 0.1) is 18.1 Å². The summed E-state index contributed by atoms with van der Waals surface area (Å²) in [4.78, 5) is 0. The summed E-state index contributed by atoms with van der Waals surface area (Å²) in [6.45, 7) is 10.6. The molecule has 15 heavy (non-hydrogen) atoms. The molecule has 0 aromatic heterocycles. The van der Waals surface area contributed by atoms with Crippen LogP contribution < -0.4 is 5.32 Å². The second-order valence-corrected chi connectivity index (χ2v) is 4.61. The van der Waals surface area contributed by atoms with Crippen LogP contribution in [0.1, 0.15) is 40.5 Å². The molecule has 0 amide bonds. The molecule has 0 aliphatic heterocycles. The Morgan fingerprint density at radius 1 is 1.47 bits per heavy atom. The van der Waals surface area contributed by atoms with Crippen LogP contribution in [-0.4, -0.2) is 25.8 Å². The van der Waals surface area contributed by atoms with Crippen molar-refractivity contribution in [2.24, 2.45) is 5.41 Å². The Hall–Kier alpha value is -0.590. The standard InChI is InChI=1S/C12H24N2O/c1-5-15-9-11(2)14-8-6-7-12(3,4)10-13/h11,14H,5-9H2,1-4H3. The first kappa shape index (κ1) is 14.4. The Kier molecular flexibility index (Phi) is 7.37. The summed E-state index contributed by atoms with van der Waals surface area (Å²) in [5.41, 5.74) is -0.190. The van der Waals surface area contributed by atoms with Crippen molar-refractivity contribution in [1.29, 1.82) is 5.26 Å². The molecule has 0 aromatic rings. The van der Waals surface area contributed by atoms with Gasteiger partial charge in [0.25, 0.3) is 0 Å². The minimum Gasteiger partial charge on any atom is -0.380 e. The zero-order valence-corrected chi connectivity index (χ0v) is 10.5. The van der Waals surface area contributed by atoms with E-state index < -0.39 is 0 Å². The summed E-state index contributed by atoms with van der Waals surface area (Å²) in [7, 11) is 0. The molecule has 0 aliphatic carbocycles. The third kappa shape index (κ3) is 8.41. The van der Waals surface area contributed by atoms with Gasteiger partial charge in [-0.15, -0.1) is 0 Å². The highest BCUT2D eigenvalue weighted by molar-refractivity contribution is 4.91. The highest BCUT2D eigenvalue weighted by Gasteiger charge is 2.15. The zero-order valence-electron chi connectivity index (χ0n) is 10.5. The lowest BCUT2D eigenvalue weighted by Gasteiger charge is -2.17. The first-order valence-electron chi connectivity index (χ1n) is 5.74. The first-order chi connectivity index (χ1) is 7.02. The number of nitriles is 1. The molecular formula is C12H24N2O. The van der Waals surface area contributed by atoms with Crippen LogP contribution in [0.4, 0.5) is 0 Å². The fraction of sp³-hybridized carbons (Fsp3) is 0.917. The monoisotopic (exact) mass is 212 g/mol. The fourth-order valence-corrected chi connectivity index (χ4v) is 1.29. The predicted molar refractivity (Wildman–Crippen MR) is 62.6 cm³/mol. The predicted octanol–water partition coefficient (Wildman–Crippen LogP) is 2.33. The average molecular weight is 212 g/mol. The van der Waals surface area contributed by atoms with Crippen molar-refractivity contribution in [3.8, 4) is 6.07 Å². The SMILES string of the molecule is CCOCC(C)NCCCC(C)(C)C#N. The third-order valence-corrected chi connectivity index (χ3v) is 2.35. The Morgan fingerprint density at radius 2 is 2.13 bits per heavy atom. The molecule has 0 aromatic carbocycles. The molecule has 1 unspecified atom stereocenters. The van der Waals surface area contributed by atoms with Gasteiger partial charge in [-0.2, -0.15) is 5.26 Å². The molecule has 3 heteroatoms. The summed E-state index contributed by atoms with van der Waals surface area (Å²) in [5, 5.41) is 12.2. The third-order valence-electron chi connectivity index (χ3n) is 2.35. The van der Waals surface area contributed by atoms with Crippen LogP contribution >= 0.6 is 0 Å². The number of nitrogens with one attached hydrogen (secondary N) is 1. The van der Waals surface area contributed by atoms with Crippen molar-refractivity contribution in [2.45, 2.75) is 46.6 Å². The summed E-state index contributed by atoms with van der Waals surface area (Å²) in [6, 6.07) is 2.71. The number of hydrogen-bond donors (Lipinski definition) is 1. The lowest BCUT2D eigenvalue weighted by Crippen LogP contribution is -2.31. The Labute approximate surface area is 93.8 Å². The molecule has 0 aliphatic rings. The lowest BCUT2D eigenvalue weighted by atomic mass is 9.90. The average Bonchev–Trinajstić information content (AvgIpc) is 2.21. The number of rotatable bonds is 8. The molecule has 0 saturated heterocycles. The minimum absolute atomic E-state index is 0.190. The minimum atomic E-state index is -0.190. The second kappa shape index (κ2) is 7.67. The topological polar surface area (TPSA) is 45.0 Å². The van der Waals surface area contributed by atoms with Crippen LogP contribution in [0.15, 0.2) is 0 Å². The quantitative estimate of drug-likeness (QED) is 0.628. The van der Waals surface area contributed by atoms with E-state index in [9.17, 15) is 0 Å². The molecule has 0 fully saturated rings. The maximum absolute atomic E-state index is 8.83. The van der Waals surface area contributed by atoms with Crippen molar-refractivity contribution in [3.63, 3.8) is 0 Å². The number of ether oxygens (including phenoxy) is 1. The van der Waals surface area contributed by atoms with E-state index in [0.29, 0.717) is 6.04 Å². The summed E-state index contributed by atoms with van der Waals surface area (Å²) < 4.78 is 5.30. The van der Waals surface area contributed by atoms with Crippen LogP contribution in [0.25, 0.3) is 0 Å². The molecule has 3 nitrogen and oxygen atoms in total. The van der Waals surface area contributed by atoms with Gasteiger partial charge in [-0.05, 0) is 47.1 Å². The highest BCUT2D eigenvalue weighted by atomic mass is 16.5. The van der Waals surface area contributed by atoms with Crippen LogP contribution in [0, 0.1) is 16.7 Å². The lowest BCUT2D eigenvalue weighted by molar-refractivity contribution is 0.127. The van der Waals surface area contributed by atoms with Crippen molar-refractivity contribution in [1.82, 2.24) is 5.32 Å². The van der Waals surface area contributed by atoms with Crippen molar-refractivity contribution in [2.75, 3.05) is 19.8 Å². The Bertz CT molecular complexity index is 196. The van der Waals surface area contributed by atoms with Gasteiger partial charge in [0.1, 0.15) is 0 Å². The Morgan fingerprint density at radius 3 is 2.67 bits per heavy atom. The molecule has 88 valence electrons. The van der Waals surface area contributed by atoms with E-state index in [2.05, 4.69) is 18.3 Å². The summed E-state index contributed by atoms with van der Waals surface area (Å²) in [5.74, 6) is 0. The number of hydrogen-bond acceptors (Lipinski definition) is 3. The molecular weight excluding hydrogens is 188 g/mol. The van der Waals surface area contributed by atoms with Gasteiger partial charge in [-0.3, -0.25) is 0 Å². The van der Waals surface area contributed by atoms with E-state index >= 15 is 0 Å². The van der Waals surface area contributed by atoms with E-state index in [1.807, 2.05) is 20.8 Å². The largest absolute Gasteiger partial charge is 0.380 e. The second-order valence-electron chi connectivity index (χ2n) is 4.61. The van der Waals surface area contributed by atoms with Gasteiger partial charge in [-0.25, -0.2) is 0 Å². The molecule has 1 atom stereocenters. The van der Waals surface area contributed by atoms with Crippen molar-refractivity contribution < 1.29 is 4.74 Å². The maximum Gasteiger partial charge on any atom is 0.0683 e. The normalized spacial score (nSPS) is 13.5. The fourth-order valence-electron chi connectivity index (χ4n) is 1.29. The van der Waals surface area contributed by atoms with E-state index in [-0.39, 0.29) is 5.41 Å². The van der Waals surface area contributed by atoms with Gasteiger partial charge in [0, 0.05) is 12.6 Å². The molecule has 1 N–H and O–H groups in total. The van der Waals surface area contributed by atoms with Gasteiger partial charge in [0.2, 0.25) is 0 Å². The van der Waals surface area contributed by atoms with Crippen LogP contribution in [0.2, 0.25) is 0 Å². The van der Waals surface area contributed by atoms with Crippen molar-refractivity contribution in [3.05, 3.63) is 0 Å². The number of nitrogens with zero attached hydrogens (tertiary/aromatic N) is 1. The van der Waals surface area contributed by atoms with Gasteiger partial charge >= 0.3 is 0 Å². The van der Waals surface area contributed by atoms with Crippen LogP contribution in [0.3, 0.4) is 0 Å². The maximum atomic E-state index is 8.83. The molecule has 0 saturated carbocycles. The molecule has 0 bridgehead atoms. The highest BCUT2D eigenvalue weighted by Crippen LogP contribution is 2.19. The first-order valence-corrected chi connectivity index (χ1v) is 5.74. The van der Waals surface area contributed by atoms with Gasteiger partial charge < -0.3 is 10.1 Å². The van der Waals surface area contributed by atoms with E-state index in [1.165, 1.54) is 0 Å². The van der Waals surface area contributed by atoms with Crippen molar-refractivity contribution >= 4 is 0 Å². The van der Waals surface area contributed by atoms with E-state index in [0.717, 1.165) is 32.6 Å². The van der Waals surface area contributed by atoms with Crippen LogP contribution in [0.5, 0.6) is 0 Å².